The standard InChI is InChI=1S/C17H24N2O2.ClH/c18-14(13-6-2-1-3-7-13)12-17(20)19-10-11-21-16-9-5-4-8-15(16)19;/h1-3,6-7,14-16H,4-5,8-12,18H2;1H. The number of hydrogen-bond donors (Lipinski definition) is 1. The minimum atomic E-state index is -0.219. The molecule has 5 heteroatoms. The molecule has 22 heavy (non-hydrogen) atoms. The molecule has 2 aliphatic rings. The first kappa shape index (κ1) is 17.3. The maximum absolute atomic E-state index is 12.6. The summed E-state index contributed by atoms with van der Waals surface area (Å²) in [5.41, 5.74) is 7.22. The first-order chi connectivity index (χ1) is 10.3. The second kappa shape index (κ2) is 7.95. The molecule has 1 aliphatic carbocycles. The second-order valence-corrected chi connectivity index (χ2v) is 6.07. The Morgan fingerprint density at radius 1 is 1.27 bits per heavy atom. The molecule has 1 saturated carbocycles. The highest BCUT2D eigenvalue weighted by Gasteiger charge is 2.36. The number of halogens is 1. The van der Waals surface area contributed by atoms with Gasteiger partial charge in [0.1, 0.15) is 0 Å². The zero-order chi connectivity index (χ0) is 14.7. The lowest BCUT2D eigenvalue weighted by molar-refractivity contribution is -0.149. The van der Waals surface area contributed by atoms with Gasteiger partial charge in [0.25, 0.3) is 0 Å². The molecule has 2 N–H and O–H groups in total. The smallest absolute Gasteiger partial charge is 0.224 e. The van der Waals surface area contributed by atoms with Gasteiger partial charge in [-0.3, -0.25) is 4.79 Å². The van der Waals surface area contributed by atoms with E-state index in [4.69, 9.17) is 10.5 Å². The van der Waals surface area contributed by atoms with Gasteiger partial charge in [-0.1, -0.05) is 43.2 Å². The molecular weight excluding hydrogens is 300 g/mol. The van der Waals surface area contributed by atoms with E-state index in [1.54, 1.807) is 0 Å². The van der Waals surface area contributed by atoms with Crippen LogP contribution in [-0.4, -0.2) is 36.1 Å². The molecule has 0 bridgehead atoms. The molecule has 1 saturated heterocycles. The fourth-order valence-corrected chi connectivity index (χ4v) is 3.53. The van der Waals surface area contributed by atoms with Crippen molar-refractivity contribution in [1.29, 1.82) is 0 Å². The number of nitrogens with two attached hydrogens (primary N) is 1. The van der Waals surface area contributed by atoms with Crippen molar-refractivity contribution in [1.82, 2.24) is 4.90 Å². The summed E-state index contributed by atoms with van der Waals surface area (Å²) in [6.07, 6.45) is 5.18. The van der Waals surface area contributed by atoms with E-state index in [2.05, 4.69) is 0 Å². The van der Waals surface area contributed by atoms with Gasteiger partial charge in [0.2, 0.25) is 5.91 Å². The monoisotopic (exact) mass is 324 g/mol. The van der Waals surface area contributed by atoms with Gasteiger partial charge >= 0.3 is 0 Å². The maximum atomic E-state index is 12.6. The van der Waals surface area contributed by atoms with E-state index in [-0.39, 0.29) is 36.5 Å². The van der Waals surface area contributed by atoms with Crippen LogP contribution >= 0.6 is 12.4 Å². The molecule has 1 heterocycles. The number of rotatable bonds is 3. The minimum absolute atomic E-state index is 0. The summed E-state index contributed by atoms with van der Waals surface area (Å²) >= 11 is 0. The van der Waals surface area contributed by atoms with E-state index in [0.717, 1.165) is 18.4 Å². The number of fused-ring (bicyclic) bond motifs is 1. The number of nitrogens with zero attached hydrogens (tertiary/aromatic N) is 1. The van der Waals surface area contributed by atoms with Crippen LogP contribution in [0.3, 0.4) is 0 Å². The third-order valence-electron chi connectivity index (χ3n) is 4.67. The molecule has 3 unspecified atom stereocenters. The van der Waals surface area contributed by atoms with Gasteiger partial charge in [0.05, 0.1) is 18.8 Å². The SMILES string of the molecule is Cl.NC(CC(=O)N1CCOC2CCCCC21)c1ccccc1. The van der Waals surface area contributed by atoms with Gasteiger partial charge in [0, 0.05) is 19.0 Å². The lowest BCUT2D eigenvalue weighted by atomic mass is 9.89. The van der Waals surface area contributed by atoms with E-state index >= 15 is 0 Å². The van der Waals surface area contributed by atoms with E-state index in [9.17, 15) is 4.79 Å². The van der Waals surface area contributed by atoms with Crippen LogP contribution in [0, 0.1) is 0 Å². The summed E-state index contributed by atoms with van der Waals surface area (Å²) in [5, 5.41) is 0. The van der Waals surface area contributed by atoms with Crippen LogP contribution in [0.5, 0.6) is 0 Å². The van der Waals surface area contributed by atoms with E-state index < -0.39 is 0 Å². The highest BCUT2D eigenvalue weighted by molar-refractivity contribution is 5.85. The molecule has 122 valence electrons. The lowest BCUT2D eigenvalue weighted by Crippen LogP contribution is -2.55. The summed E-state index contributed by atoms with van der Waals surface area (Å²) in [6.45, 7) is 1.37. The summed E-state index contributed by atoms with van der Waals surface area (Å²) in [6, 6.07) is 9.91. The van der Waals surface area contributed by atoms with Crippen LogP contribution in [0.1, 0.15) is 43.7 Å². The van der Waals surface area contributed by atoms with E-state index in [1.165, 1.54) is 12.8 Å². The molecule has 1 aliphatic heterocycles. The summed E-state index contributed by atoms with van der Waals surface area (Å²) in [5.74, 6) is 0.173. The fraction of sp³-hybridized carbons (Fsp3) is 0.588. The van der Waals surface area contributed by atoms with Gasteiger partial charge < -0.3 is 15.4 Å². The van der Waals surface area contributed by atoms with E-state index in [0.29, 0.717) is 19.6 Å². The Morgan fingerprint density at radius 3 is 2.77 bits per heavy atom. The average Bonchev–Trinajstić information content (AvgIpc) is 2.55. The van der Waals surface area contributed by atoms with Crippen molar-refractivity contribution < 1.29 is 9.53 Å². The molecule has 4 nitrogen and oxygen atoms in total. The molecule has 0 spiro atoms. The number of amides is 1. The largest absolute Gasteiger partial charge is 0.374 e. The number of carbonyl (C=O) groups excluding carboxylic acids is 1. The number of benzene rings is 1. The van der Waals surface area contributed by atoms with Crippen LogP contribution < -0.4 is 5.73 Å². The highest BCUT2D eigenvalue weighted by atomic mass is 35.5. The molecule has 3 rings (SSSR count). The number of hydrogen-bond acceptors (Lipinski definition) is 3. The lowest BCUT2D eigenvalue weighted by Gasteiger charge is -2.44. The Hall–Kier alpha value is -1.10. The van der Waals surface area contributed by atoms with Crippen molar-refractivity contribution >= 4 is 18.3 Å². The summed E-state index contributed by atoms with van der Waals surface area (Å²) < 4.78 is 5.83. The molecule has 2 fully saturated rings. The fourth-order valence-electron chi connectivity index (χ4n) is 3.53. The molecule has 1 aromatic rings. The van der Waals surface area contributed by atoms with Crippen LogP contribution in [-0.2, 0) is 9.53 Å². The van der Waals surface area contributed by atoms with E-state index in [1.807, 2.05) is 35.2 Å². The molecule has 1 amide bonds. The zero-order valence-electron chi connectivity index (χ0n) is 12.8. The molecular formula is C17H25ClN2O2. The van der Waals surface area contributed by atoms with Crippen LogP contribution in [0.15, 0.2) is 30.3 Å². The topological polar surface area (TPSA) is 55.6 Å². The zero-order valence-corrected chi connectivity index (χ0v) is 13.6. The van der Waals surface area contributed by atoms with Gasteiger partial charge in [-0.05, 0) is 18.4 Å². The van der Waals surface area contributed by atoms with Gasteiger partial charge in [-0.15, -0.1) is 12.4 Å². The normalized spacial score (nSPS) is 25.8. The van der Waals surface area contributed by atoms with Crippen molar-refractivity contribution in [3.8, 4) is 0 Å². The Balaban J connectivity index is 0.00000176. The third kappa shape index (κ3) is 3.80. The highest BCUT2D eigenvalue weighted by Crippen LogP contribution is 2.29. The van der Waals surface area contributed by atoms with Crippen molar-refractivity contribution in [2.45, 2.75) is 50.3 Å². The number of carbonyl (C=O) groups is 1. The van der Waals surface area contributed by atoms with Crippen molar-refractivity contribution in [2.75, 3.05) is 13.2 Å². The van der Waals surface area contributed by atoms with Gasteiger partial charge in [-0.25, -0.2) is 0 Å². The molecule has 0 aromatic heterocycles. The molecule has 1 aromatic carbocycles. The summed E-state index contributed by atoms with van der Waals surface area (Å²) in [4.78, 5) is 14.7. The van der Waals surface area contributed by atoms with Crippen molar-refractivity contribution in [3.05, 3.63) is 35.9 Å². The average molecular weight is 325 g/mol. The summed E-state index contributed by atoms with van der Waals surface area (Å²) in [7, 11) is 0. The Bertz CT molecular complexity index is 481. The molecule has 0 radical (unpaired) electrons. The Labute approximate surface area is 138 Å². The predicted octanol–water partition coefficient (Wildman–Crippen LogP) is 2.67. The van der Waals surface area contributed by atoms with Crippen LogP contribution in [0.25, 0.3) is 0 Å². The van der Waals surface area contributed by atoms with Crippen LogP contribution in [0.2, 0.25) is 0 Å². The second-order valence-electron chi connectivity index (χ2n) is 6.07. The predicted molar refractivity (Wildman–Crippen MR) is 88.9 cm³/mol. The first-order valence-electron chi connectivity index (χ1n) is 7.97. The van der Waals surface area contributed by atoms with Crippen molar-refractivity contribution in [2.24, 2.45) is 5.73 Å². The number of ether oxygens (including phenoxy) is 1. The Morgan fingerprint density at radius 2 is 2.00 bits per heavy atom. The maximum Gasteiger partial charge on any atom is 0.224 e. The first-order valence-corrected chi connectivity index (χ1v) is 7.97. The van der Waals surface area contributed by atoms with Gasteiger partial charge in [-0.2, -0.15) is 0 Å². The quantitative estimate of drug-likeness (QED) is 0.930. The number of morpholine rings is 1. The van der Waals surface area contributed by atoms with Gasteiger partial charge in [0.15, 0.2) is 0 Å². The molecule has 3 atom stereocenters. The third-order valence-corrected chi connectivity index (χ3v) is 4.67. The van der Waals surface area contributed by atoms with Crippen molar-refractivity contribution in [3.63, 3.8) is 0 Å². The Kier molecular flexibility index (Phi) is 6.24. The minimum Gasteiger partial charge on any atom is -0.374 e. The van der Waals surface area contributed by atoms with Crippen LogP contribution in [0.4, 0.5) is 0 Å².